The van der Waals surface area contributed by atoms with Crippen molar-refractivity contribution in [2.45, 2.75) is 5.60 Å². The second-order valence-corrected chi connectivity index (χ2v) is 4.52. The van der Waals surface area contributed by atoms with Crippen molar-refractivity contribution in [1.29, 1.82) is 0 Å². The third-order valence-corrected chi connectivity index (χ3v) is 3.20. The molecule has 2 aromatic rings. The maximum Gasteiger partial charge on any atom is 0.347 e. The first-order valence-corrected chi connectivity index (χ1v) is 6.21. The van der Waals surface area contributed by atoms with Crippen molar-refractivity contribution in [3.8, 4) is 0 Å². The number of rotatable bonds is 4. The highest BCUT2D eigenvalue weighted by Crippen LogP contribution is 2.33. The summed E-state index contributed by atoms with van der Waals surface area (Å²) in [5, 5.41) is 21.6. The number of ether oxygens (including phenoxy) is 1. The van der Waals surface area contributed by atoms with Crippen molar-refractivity contribution >= 4 is 11.7 Å². The number of methoxy groups -OCH3 is 1. The third-order valence-electron chi connectivity index (χ3n) is 3.20. The molecule has 1 N–H and O–H groups in total. The van der Waals surface area contributed by atoms with Gasteiger partial charge in [-0.25, -0.2) is 9.18 Å². The van der Waals surface area contributed by atoms with Gasteiger partial charge in [0, 0.05) is 23.3 Å². The number of nitro benzene ring substituents is 1. The number of carbonyl (C=O) groups excluding carboxylic acids is 1. The normalized spacial score (nSPS) is 13.2. The quantitative estimate of drug-likeness (QED) is 0.531. The average Bonchev–Trinajstić information content (AvgIpc) is 2.53. The molecule has 7 heteroatoms. The zero-order valence-electron chi connectivity index (χ0n) is 11.5. The molecule has 0 saturated carbocycles. The summed E-state index contributed by atoms with van der Waals surface area (Å²) in [7, 11) is 1.06. The number of carbonyl (C=O) groups is 1. The monoisotopic (exact) mass is 305 g/mol. The van der Waals surface area contributed by atoms with Crippen molar-refractivity contribution in [3.63, 3.8) is 0 Å². The van der Waals surface area contributed by atoms with Gasteiger partial charge in [0.2, 0.25) is 5.60 Å². The Bertz CT molecular complexity index is 733. The third kappa shape index (κ3) is 2.66. The summed E-state index contributed by atoms with van der Waals surface area (Å²) >= 11 is 0. The Labute approximate surface area is 124 Å². The Morgan fingerprint density at radius 1 is 1.23 bits per heavy atom. The largest absolute Gasteiger partial charge is 0.466 e. The van der Waals surface area contributed by atoms with Crippen LogP contribution in [-0.2, 0) is 15.1 Å². The molecule has 2 rings (SSSR count). The first-order chi connectivity index (χ1) is 10.4. The number of halogens is 1. The minimum absolute atomic E-state index is 0.0835. The van der Waals surface area contributed by atoms with Crippen LogP contribution in [0.1, 0.15) is 11.1 Å². The standard InChI is InChI=1S/C15H12FNO5/c1-22-14(18)15(19,10-4-2-6-12(16)8-10)11-5-3-7-13(9-11)17(20)21/h2-9,19H,1H3. The van der Waals surface area contributed by atoms with Crippen LogP contribution < -0.4 is 0 Å². The van der Waals surface area contributed by atoms with E-state index in [4.69, 9.17) is 0 Å². The first kappa shape index (κ1) is 15.6. The minimum Gasteiger partial charge on any atom is -0.466 e. The number of aliphatic hydroxyl groups is 1. The van der Waals surface area contributed by atoms with E-state index in [1.54, 1.807) is 0 Å². The van der Waals surface area contributed by atoms with Gasteiger partial charge in [-0.05, 0) is 12.1 Å². The maximum absolute atomic E-state index is 13.4. The second-order valence-electron chi connectivity index (χ2n) is 4.52. The summed E-state index contributed by atoms with van der Waals surface area (Å²) in [5.74, 6) is -1.73. The molecule has 0 saturated heterocycles. The molecule has 0 radical (unpaired) electrons. The van der Waals surface area contributed by atoms with Gasteiger partial charge in [0.1, 0.15) is 5.82 Å². The molecule has 114 valence electrons. The van der Waals surface area contributed by atoms with Crippen molar-refractivity contribution in [2.75, 3.05) is 7.11 Å². The van der Waals surface area contributed by atoms with Gasteiger partial charge in [-0.3, -0.25) is 10.1 Å². The number of esters is 1. The van der Waals surface area contributed by atoms with Crippen LogP contribution in [0.5, 0.6) is 0 Å². The van der Waals surface area contributed by atoms with Gasteiger partial charge in [-0.1, -0.05) is 24.3 Å². The first-order valence-electron chi connectivity index (χ1n) is 6.21. The number of nitro groups is 1. The molecule has 1 atom stereocenters. The predicted molar refractivity (Wildman–Crippen MR) is 74.5 cm³/mol. The van der Waals surface area contributed by atoms with Gasteiger partial charge in [0.05, 0.1) is 12.0 Å². The van der Waals surface area contributed by atoms with E-state index in [9.17, 15) is 24.4 Å². The Hall–Kier alpha value is -2.80. The Balaban J connectivity index is 2.67. The Morgan fingerprint density at radius 3 is 2.36 bits per heavy atom. The van der Waals surface area contributed by atoms with E-state index in [0.717, 1.165) is 25.3 Å². The fourth-order valence-corrected chi connectivity index (χ4v) is 2.11. The Morgan fingerprint density at radius 2 is 1.82 bits per heavy atom. The van der Waals surface area contributed by atoms with Gasteiger partial charge in [-0.15, -0.1) is 0 Å². The number of non-ortho nitro benzene ring substituents is 1. The molecule has 22 heavy (non-hydrogen) atoms. The van der Waals surface area contributed by atoms with Gasteiger partial charge >= 0.3 is 5.97 Å². The minimum atomic E-state index is -2.34. The number of hydrogen-bond acceptors (Lipinski definition) is 5. The van der Waals surface area contributed by atoms with Crippen molar-refractivity contribution in [1.82, 2.24) is 0 Å². The number of hydrogen-bond donors (Lipinski definition) is 1. The molecule has 0 aliphatic heterocycles. The van der Waals surface area contributed by atoms with Crippen LogP contribution in [0.15, 0.2) is 48.5 Å². The lowest BCUT2D eigenvalue weighted by Gasteiger charge is -2.26. The molecule has 6 nitrogen and oxygen atoms in total. The summed E-state index contributed by atoms with van der Waals surface area (Å²) in [6, 6.07) is 9.67. The lowest BCUT2D eigenvalue weighted by Crippen LogP contribution is -2.38. The van der Waals surface area contributed by atoms with Crippen molar-refractivity contribution < 1.29 is 24.0 Å². The van der Waals surface area contributed by atoms with E-state index in [2.05, 4.69) is 4.74 Å². The molecule has 0 amide bonds. The van der Waals surface area contributed by atoms with Crippen LogP contribution in [0, 0.1) is 15.9 Å². The molecular weight excluding hydrogens is 293 g/mol. The molecule has 0 heterocycles. The SMILES string of the molecule is COC(=O)C(O)(c1cccc(F)c1)c1cccc([N+](=O)[O-])c1. The van der Waals surface area contributed by atoms with E-state index >= 15 is 0 Å². The molecule has 0 aromatic heterocycles. The lowest BCUT2D eigenvalue weighted by atomic mass is 9.86. The van der Waals surface area contributed by atoms with E-state index < -0.39 is 22.3 Å². The van der Waals surface area contributed by atoms with Crippen LogP contribution in [0.2, 0.25) is 0 Å². The number of benzene rings is 2. The summed E-state index contributed by atoms with van der Waals surface area (Å²) in [5.41, 5.74) is -2.82. The molecule has 0 aliphatic rings. The highest BCUT2D eigenvalue weighted by Gasteiger charge is 2.42. The number of nitrogens with zero attached hydrogens (tertiary/aromatic N) is 1. The zero-order chi connectivity index (χ0) is 16.3. The highest BCUT2D eigenvalue weighted by atomic mass is 19.1. The molecule has 0 fully saturated rings. The molecule has 0 spiro atoms. The van der Waals surface area contributed by atoms with Crippen molar-refractivity contribution in [2.24, 2.45) is 0 Å². The van der Waals surface area contributed by atoms with Gasteiger partial charge in [0.15, 0.2) is 0 Å². The van der Waals surface area contributed by atoms with Crippen LogP contribution in [0.3, 0.4) is 0 Å². The van der Waals surface area contributed by atoms with Crippen LogP contribution in [-0.4, -0.2) is 23.1 Å². The van der Waals surface area contributed by atoms with Gasteiger partial charge in [-0.2, -0.15) is 0 Å². The topological polar surface area (TPSA) is 89.7 Å². The molecule has 2 aromatic carbocycles. The summed E-state index contributed by atoms with van der Waals surface area (Å²) < 4.78 is 18.0. The van der Waals surface area contributed by atoms with Gasteiger partial charge < -0.3 is 9.84 Å². The maximum atomic E-state index is 13.4. The molecule has 0 aliphatic carbocycles. The van der Waals surface area contributed by atoms with E-state index in [-0.39, 0.29) is 16.8 Å². The molecule has 1 unspecified atom stereocenters. The Kier molecular flexibility index (Phi) is 4.18. The fraction of sp³-hybridized carbons (Fsp3) is 0.133. The van der Waals surface area contributed by atoms with Crippen LogP contribution >= 0.6 is 0 Å². The fourth-order valence-electron chi connectivity index (χ4n) is 2.11. The average molecular weight is 305 g/mol. The lowest BCUT2D eigenvalue weighted by molar-refractivity contribution is -0.385. The highest BCUT2D eigenvalue weighted by molar-refractivity contribution is 5.85. The smallest absolute Gasteiger partial charge is 0.347 e. The molecular formula is C15H12FNO5. The predicted octanol–water partition coefficient (Wildman–Crippen LogP) is 2.14. The van der Waals surface area contributed by atoms with Crippen LogP contribution in [0.4, 0.5) is 10.1 Å². The van der Waals surface area contributed by atoms with E-state index in [1.165, 1.54) is 30.3 Å². The van der Waals surface area contributed by atoms with E-state index in [1.807, 2.05) is 0 Å². The summed E-state index contributed by atoms with van der Waals surface area (Å²) in [6.07, 6.45) is 0. The van der Waals surface area contributed by atoms with E-state index in [0.29, 0.717) is 0 Å². The van der Waals surface area contributed by atoms with Gasteiger partial charge in [0.25, 0.3) is 5.69 Å². The van der Waals surface area contributed by atoms with Crippen molar-refractivity contribution in [3.05, 3.63) is 75.6 Å². The second kappa shape index (κ2) is 5.90. The zero-order valence-corrected chi connectivity index (χ0v) is 11.5. The molecule has 0 bridgehead atoms. The summed E-state index contributed by atoms with van der Waals surface area (Å²) in [4.78, 5) is 22.3. The summed E-state index contributed by atoms with van der Waals surface area (Å²) in [6.45, 7) is 0. The van der Waals surface area contributed by atoms with Crippen LogP contribution in [0.25, 0.3) is 0 Å².